The van der Waals surface area contributed by atoms with E-state index in [0.29, 0.717) is 12.1 Å². The summed E-state index contributed by atoms with van der Waals surface area (Å²) in [5.41, 5.74) is 2.47. The molecule has 0 spiro atoms. The fraction of sp³-hybridized carbons (Fsp3) is 0.538. The normalized spacial score (nSPS) is 19.1. The molecule has 0 bridgehead atoms. The Bertz CT molecular complexity index is 349. The molecule has 0 saturated heterocycles. The highest BCUT2D eigenvalue weighted by Crippen LogP contribution is 2.37. The molecule has 0 amide bonds. The van der Waals surface area contributed by atoms with Crippen LogP contribution in [0, 0.1) is 0 Å². The van der Waals surface area contributed by atoms with Crippen LogP contribution in [0.25, 0.3) is 0 Å². The average molecular weight is 220 g/mol. The number of hydrogen-bond donors (Lipinski definition) is 2. The number of rotatable bonds is 3. The molecule has 0 radical (unpaired) electrons. The Morgan fingerprint density at radius 3 is 2.94 bits per heavy atom. The Labute approximate surface area is 97.2 Å². The van der Waals surface area contributed by atoms with Crippen molar-refractivity contribution in [2.75, 3.05) is 19.0 Å². The zero-order valence-electron chi connectivity index (χ0n) is 10.2. The standard InChI is InChI=1S/C13H20N2O/c1-9(2)15-11-7-8-14-10-5-4-6-12(16-3)13(10)11/h4-6,9,11,14-15H,7-8H2,1-3H3. The topological polar surface area (TPSA) is 33.3 Å². The first-order chi connectivity index (χ1) is 7.72. The van der Waals surface area contributed by atoms with Crippen LogP contribution in [0.4, 0.5) is 5.69 Å². The van der Waals surface area contributed by atoms with Crippen LogP contribution < -0.4 is 15.4 Å². The summed E-state index contributed by atoms with van der Waals surface area (Å²) in [5, 5.41) is 7.01. The van der Waals surface area contributed by atoms with Crippen molar-refractivity contribution in [2.24, 2.45) is 0 Å². The Morgan fingerprint density at radius 2 is 2.25 bits per heavy atom. The summed E-state index contributed by atoms with van der Waals surface area (Å²) in [6.45, 7) is 5.37. The van der Waals surface area contributed by atoms with Crippen LogP contribution in [0.15, 0.2) is 18.2 Å². The maximum Gasteiger partial charge on any atom is 0.125 e. The van der Waals surface area contributed by atoms with Crippen molar-refractivity contribution in [3.8, 4) is 5.75 Å². The predicted octanol–water partition coefficient (Wildman–Crippen LogP) is 2.55. The van der Waals surface area contributed by atoms with E-state index in [-0.39, 0.29) is 0 Å². The first-order valence-corrected chi connectivity index (χ1v) is 5.89. The summed E-state index contributed by atoms with van der Waals surface area (Å²) in [6.07, 6.45) is 1.10. The Morgan fingerprint density at radius 1 is 1.44 bits per heavy atom. The first-order valence-electron chi connectivity index (χ1n) is 5.89. The molecule has 3 nitrogen and oxygen atoms in total. The lowest BCUT2D eigenvalue weighted by atomic mass is 9.96. The van der Waals surface area contributed by atoms with E-state index < -0.39 is 0 Å². The van der Waals surface area contributed by atoms with E-state index in [1.807, 2.05) is 12.1 Å². The van der Waals surface area contributed by atoms with Gasteiger partial charge in [0.1, 0.15) is 5.75 Å². The molecular weight excluding hydrogens is 200 g/mol. The van der Waals surface area contributed by atoms with E-state index >= 15 is 0 Å². The van der Waals surface area contributed by atoms with Gasteiger partial charge in [0.25, 0.3) is 0 Å². The molecule has 1 aliphatic rings. The molecule has 16 heavy (non-hydrogen) atoms. The maximum atomic E-state index is 5.44. The fourth-order valence-corrected chi connectivity index (χ4v) is 2.30. The minimum absolute atomic E-state index is 0.396. The van der Waals surface area contributed by atoms with Gasteiger partial charge in [0.15, 0.2) is 0 Å². The number of anilines is 1. The van der Waals surface area contributed by atoms with Crippen molar-refractivity contribution in [3.63, 3.8) is 0 Å². The predicted molar refractivity (Wildman–Crippen MR) is 67.1 cm³/mol. The van der Waals surface area contributed by atoms with Crippen LogP contribution in [-0.4, -0.2) is 19.7 Å². The summed E-state index contributed by atoms with van der Waals surface area (Å²) in [5.74, 6) is 0.975. The quantitative estimate of drug-likeness (QED) is 0.821. The van der Waals surface area contributed by atoms with E-state index in [0.717, 1.165) is 18.7 Å². The molecule has 1 heterocycles. The molecule has 1 aromatic rings. The molecule has 1 atom stereocenters. The molecule has 1 aliphatic heterocycles. The zero-order valence-corrected chi connectivity index (χ0v) is 10.2. The highest BCUT2D eigenvalue weighted by Gasteiger charge is 2.23. The summed E-state index contributed by atoms with van der Waals surface area (Å²) in [4.78, 5) is 0. The maximum absolute atomic E-state index is 5.44. The minimum Gasteiger partial charge on any atom is -0.496 e. The van der Waals surface area contributed by atoms with Gasteiger partial charge in [-0.15, -0.1) is 0 Å². The highest BCUT2D eigenvalue weighted by molar-refractivity contribution is 5.60. The lowest BCUT2D eigenvalue weighted by molar-refractivity contribution is 0.386. The molecule has 0 saturated carbocycles. The highest BCUT2D eigenvalue weighted by atomic mass is 16.5. The number of nitrogens with one attached hydrogen (secondary N) is 2. The molecule has 2 N–H and O–H groups in total. The smallest absolute Gasteiger partial charge is 0.125 e. The van der Waals surface area contributed by atoms with Crippen LogP contribution in [0.5, 0.6) is 5.75 Å². The minimum atomic E-state index is 0.396. The van der Waals surface area contributed by atoms with Crippen molar-refractivity contribution in [3.05, 3.63) is 23.8 Å². The molecule has 2 rings (SSSR count). The lowest BCUT2D eigenvalue weighted by Gasteiger charge is -2.30. The van der Waals surface area contributed by atoms with Gasteiger partial charge >= 0.3 is 0 Å². The second-order valence-corrected chi connectivity index (χ2v) is 4.51. The molecule has 0 aliphatic carbocycles. The van der Waals surface area contributed by atoms with Crippen LogP contribution in [0.2, 0.25) is 0 Å². The second-order valence-electron chi connectivity index (χ2n) is 4.51. The van der Waals surface area contributed by atoms with E-state index in [2.05, 4.69) is 30.5 Å². The van der Waals surface area contributed by atoms with E-state index in [4.69, 9.17) is 4.74 Å². The third kappa shape index (κ3) is 2.14. The summed E-state index contributed by atoms with van der Waals surface area (Å²) < 4.78 is 5.44. The van der Waals surface area contributed by atoms with E-state index in [9.17, 15) is 0 Å². The van der Waals surface area contributed by atoms with Crippen LogP contribution in [-0.2, 0) is 0 Å². The molecular formula is C13H20N2O. The molecule has 1 unspecified atom stereocenters. The first kappa shape index (κ1) is 11.3. The molecule has 0 aromatic heterocycles. The van der Waals surface area contributed by atoms with Gasteiger partial charge < -0.3 is 15.4 Å². The number of methoxy groups -OCH3 is 1. The monoisotopic (exact) mass is 220 g/mol. The number of fused-ring (bicyclic) bond motifs is 1. The number of hydrogen-bond acceptors (Lipinski definition) is 3. The van der Waals surface area contributed by atoms with Crippen LogP contribution in [0.1, 0.15) is 31.9 Å². The van der Waals surface area contributed by atoms with Gasteiger partial charge in [0.2, 0.25) is 0 Å². The van der Waals surface area contributed by atoms with Gasteiger partial charge in [-0.2, -0.15) is 0 Å². The number of ether oxygens (including phenoxy) is 1. The largest absolute Gasteiger partial charge is 0.496 e. The van der Waals surface area contributed by atoms with Crippen molar-refractivity contribution < 1.29 is 4.74 Å². The van der Waals surface area contributed by atoms with Crippen molar-refractivity contribution in [1.82, 2.24) is 5.32 Å². The Balaban J connectivity index is 2.35. The van der Waals surface area contributed by atoms with Gasteiger partial charge in [0.05, 0.1) is 7.11 Å². The van der Waals surface area contributed by atoms with Crippen molar-refractivity contribution >= 4 is 5.69 Å². The zero-order chi connectivity index (χ0) is 11.5. The van der Waals surface area contributed by atoms with E-state index in [1.54, 1.807) is 7.11 Å². The molecule has 88 valence electrons. The van der Waals surface area contributed by atoms with Crippen molar-refractivity contribution in [2.45, 2.75) is 32.4 Å². The van der Waals surface area contributed by atoms with Crippen LogP contribution in [0.3, 0.4) is 0 Å². The van der Waals surface area contributed by atoms with Gasteiger partial charge in [-0.3, -0.25) is 0 Å². The van der Waals surface area contributed by atoms with Gasteiger partial charge in [-0.05, 0) is 18.6 Å². The molecule has 1 aromatic carbocycles. The van der Waals surface area contributed by atoms with Crippen molar-refractivity contribution in [1.29, 1.82) is 0 Å². The SMILES string of the molecule is COc1cccc2c1C(NC(C)C)CCN2. The molecule has 0 fully saturated rings. The summed E-state index contributed by atoms with van der Waals surface area (Å²) in [7, 11) is 1.73. The molecule has 3 heteroatoms. The third-order valence-electron chi connectivity index (χ3n) is 2.92. The third-order valence-corrected chi connectivity index (χ3v) is 2.92. The Hall–Kier alpha value is -1.22. The second kappa shape index (κ2) is 4.74. The van der Waals surface area contributed by atoms with Gasteiger partial charge in [-0.1, -0.05) is 19.9 Å². The average Bonchev–Trinajstić information content (AvgIpc) is 2.28. The summed E-state index contributed by atoms with van der Waals surface area (Å²) in [6, 6.07) is 7.06. The summed E-state index contributed by atoms with van der Waals surface area (Å²) >= 11 is 0. The van der Waals surface area contributed by atoms with E-state index in [1.165, 1.54) is 11.3 Å². The fourth-order valence-electron chi connectivity index (χ4n) is 2.30. The van der Waals surface area contributed by atoms with Crippen LogP contribution >= 0.6 is 0 Å². The Kier molecular flexibility index (Phi) is 3.34. The van der Waals surface area contributed by atoms with Gasteiger partial charge in [-0.25, -0.2) is 0 Å². The van der Waals surface area contributed by atoms with Gasteiger partial charge in [0, 0.05) is 29.9 Å². The lowest BCUT2D eigenvalue weighted by Crippen LogP contribution is -2.33. The number of benzene rings is 1.